The molecule has 0 bridgehead atoms. The Morgan fingerprint density at radius 2 is 1.82 bits per heavy atom. The third-order valence-electron chi connectivity index (χ3n) is 3.61. The minimum absolute atomic E-state index is 0.224. The summed E-state index contributed by atoms with van der Waals surface area (Å²) in [5, 5.41) is 12.6. The number of nitrogens with one attached hydrogen (secondary N) is 1. The van der Waals surface area contributed by atoms with Gasteiger partial charge < -0.3 is 10.4 Å². The first-order valence-electron chi connectivity index (χ1n) is 7.05. The molecule has 0 aromatic rings. The lowest BCUT2D eigenvalue weighted by atomic mass is 9.96. The van der Waals surface area contributed by atoms with Gasteiger partial charge in [-0.15, -0.1) is 0 Å². The second-order valence-electron chi connectivity index (χ2n) is 5.76. The molecule has 1 aliphatic carbocycles. The molecule has 0 aromatic carbocycles. The Bertz CT molecular complexity index is 220. The number of rotatable bonds is 6. The summed E-state index contributed by atoms with van der Waals surface area (Å²) < 4.78 is 0. The zero-order chi connectivity index (χ0) is 12.7. The van der Waals surface area contributed by atoms with Crippen molar-refractivity contribution in [3.05, 3.63) is 0 Å². The van der Waals surface area contributed by atoms with Crippen molar-refractivity contribution in [1.82, 2.24) is 5.32 Å². The molecule has 0 saturated heterocycles. The van der Waals surface area contributed by atoms with Gasteiger partial charge in [0, 0.05) is 12.6 Å². The predicted octanol–water partition coefficient (Wildman–Crippen LogP) is 3.05. The summed E-state index contributed by atoms with van der Waals surface area (Å²) in [6.07, 6.45) is 8.47. The molecule has 1 fully saturated rings. The van der Waals surface area contributed by atoms with E-state index in [0.29, 0.717) is 18.5 Å². The van der Waals surface area contributed by atoms with Crippen molar-refractivity contribution >= 4 is 5.97 Å². The lowest BCUT2D eigenvalue weighted by Crippen LogP contribution is -2.36. The summed E-state index contributed by atoms with van der Waals surface area (Å²) in [7, 11) is 0. The van der Waals surface area contributed by atoms with E-state index in [1.165, 1.54) is 38.5 Å². The van der Waals surface area contributed by atoms with Gasteiger partial charge in [0.05, 0.1) is 5.92 Å². The lowest BCUT2D eigenvalue weighted by Gasteiger charge is -2.20. The molecule has 1 rings (SSSR count). The van der Waals surface area contributed by atoms with Gasteiger partial charge in [-0.3, -0.25) is 4.79 Å². The summed E-state index contributed by atoms with van der Waals surface area (Å²) >= 11 is 0. The van der Waals surface area contributed by atoms with Crippen LogP contribution in [0.2, 0.25) is 0 Å². The van der Waals surface area contributed by atoms with Gasteiger partial charge in [0.15, 0.2) is 0 Å². The van der Waals surface area contributed by atoms with Crippen LogP contribution >= 0.6 is 0 Å². The Balaban J connectivity index is 2.31. The van der Waals surface area contributed by atoms with Crippen molar-refractivity contribution in [2.75, 3.05) is 6.54 Å². The Morgan fingerprint density at radius 1 is 1.24 bits per heavy atom. The molecule has 1 saturated carbocycles. The van der Waals surface area contributed by atoms with Crippen molar-refractivity contribution in [3.63, 3.8) is 0 Å². The maximum atomic E-state index is 11.1. The SMILES string of the molecule is CC(C)CC(CNC1CCCCCC1)C(=O)O. The van der Waals surface area contributed by atoms with Crippen molar-refractivity contribution in [1.29, 1.82) is 0 Å². The molecule has 3 heteroatoms. The molecular formula is C14H27NO2. The van der Waals surface area contributed by atoms with Gasteiger partial charge in [-0.2, -0.15) is 0 Å². The molecule has 0 aliphatic heterocycles. The second-order valence-corrected chi connectivity index (χ2v) is 5.76. The summed E-state index contributed by atoms with van der Waals surface area (Å²) in [5.74, 6) is -0.426. The van der Waals surface area contributed by atoms with Gasteiger partial charge in [-0.05, 0) is 25.2 Å². The third-order valence-corrected chi connectivity index (χ3v) is 3.61. The monoisotopic (exact) mass is 241 g/mol. The number of aliphatic carboxylic acids is 1. The van der Waals surface area contributed by atoms with E-state index < -0.39 is 5.97 Å². The first-order valence-corrected chi connectivity index (χ1v) is 7.05. The summed E-state index contributed by atoms with van der Waals surface area (Å²) in [4.78, 5) is 11.1. The van der Waals surface area contributed by atoms with E-state index in [9.17, 15) is 4.79 Å². The first kappa shape index (κ1) is 14.5. The lowest BCUT2D eigenvalue weighted by molar-refractivity contribution is -0.142. The van der Waals surface area contributed by atoms with Gasteiger partial charge in [0.1, 0.15) is 0 Å². The predicted molar refractivity (Wildman–Crippen MR) is 70.1 cm³/mol. The minimum Gasteiger partial charge on any atom is -0.481 e. The van der Waals surface area contributed by atoms with Crippen molar-refractivity contribution < 1.29 is 9.90 Å². The summed E-state index contributed by atoms with van der Waals surface area (Å²) in [6.45, 7) is 4.81. The second kappa shape index (κ2) is 7.70. The van der Waals surface area contributed by atoms with Crippen LogP contribution in [0.5, 0.6) is 0 Å². The van der Waals surface area contributed by atoms with Crippen molar-refractivity contribution in [2.45, 2.75) is 64.8 Å². The van der Waals surface area contributed by atoms with Crippen LogP contribution in [0.3, 0.4) is 0 Å². The van der Waals surface area contributed by atoms with Gasteiger partial charge in [-0.25, -0.2) is 0 Å². The van der Waals surface area contributed by atoms with Crippen LogP contribution in [0.4, 0.5) is 0 Å². The fourth-order valence-corrected chi connectivity index (χ4v) is 2.63. The maximum absolute atomic E-state index is 11.1. The summed E-state index contributed by atoms with van der Waals surface area (Å²) in [6, 6.07) is 0.548. The van der Waals surface area contributed by atoms with Crippen LogP contribution in [0.25, 0.3) is 0 Å². The van der Waals surface area contributed by atoms with E-state index in [-0.39, 0.29) is 5.92 Å². The van der Waals surface area contributed by atoms with E-state index in [0.717, 1.165) is 6.42 Å². The molecule has 2 N–H and O–H groups in total. The molecule has 0 heterocycles. The topological polar surface area (TPSA) is 49.3 Å². The Kier molecular flexibility index (Phi) is 6.56. The highest BCUT2D eigenvalue weighted by Crippen LogP contribution is 2.18. The molecule has 0 radical (unpaired) electrons. The number of hydrogen-bond donors (Lipinski definition) is 2. The molecule has 0 spiro atoms. The molecule has 3 nitrogen and oxygen atoms in total. The first-order chi connectivity index (χ1) is 8.09. The maximum Gasteiger partial charge on any atom is 0.307 e. The van der Waals surface area contributed by atoms with E-state index in [4.69, 9.17) is 5.11 Å². The normalized spacial score (nSPS) is 20.2. The Hall–Kier alpha value is -0.570. The standard InChI is InChI=1S/C14H27NO2/c1-11(2)9-12(14(16)17)10-15-13-7-5-3-4-6-8-13/h11-13,15H,3-10H2,1-2H3,(H,16,17). The number of hydrogen-bond acceptors (Lipinski definition) is 2. The van der Waals surface area contributed by atoms with Crippen LogP contribution in [0, 0.1) is 11.8 Å². The van der Waals surface area contributed by atoms with Crippen LogP contribution in [-0.4, -0.2) is 23.7 Å². The smallest absolute Gasteiger partial charge is 0.307 e. The van der Waals surface area contributed by atoms with Crippen molar-refractivity contribution in [2.24, 2.45) is 11.8 Å². The average Bonchev–Trinajstić information content (AvgIpc) is 2.51. The fraction of sp³-hybridized carbons (Fsp3) is 0.929. The van der Waals surface area contributed by atoms with Crippen LogP contribution < -0.4 is 5.32 Å². The van der Waals surface area contributed by atoms with Crippen LogP contribution in [-0.2, 0) is 4.79 Å². The molecule has 1 atom stereocenters. The number of carboxylic acid groups (broad SMARTS) is 1. The molecule has 17 heavy (non-hydrogen) atoms. The Labute approximate surface area is 105 Å². The van der Waals surface area contributed by atoms with Gasteiger partial charge >= 0.3 is 5.97 Å². The molecule has 1 unspecified atom stereocenters. The van der Waals surface area contributed by atoms with E-state index in [1.54, 1.807) is 0 Å². The number of carboxylic acids is 1. The van der Waals surface area contributed by atoms with E-state index in [2.05, 4.69) is 19.2 Å². The molecular weight excluding hydrogens is 214 g/mol. The highest BCUT2D eigenvalue weighted by molar-refractivity contribution is 5.70. The zero-order valence-corrected chi connectivity index (χ0v) is 11.2. The van der Waals surface area contributed by atoms with E-state index >= 15 is 0 Å². The fourth-order valence-electron chi connectivity index (χ4n) is 2.63. The summed E-state index contributed by atoms with van der Waals surface area (Å²) in [5.41, 5.74) is 0. The largest absolute Gasteiger partial charge is 0.481 e. The quantitative estimate of drug-likeness (QED) is 0.703. The van der Waals surface area contributed by atoms with Crippen LogP contribution in [0.15, 0.2) is 0 Å². The molecule has 0 amide bonds. The number of carbonyl (C=O) groups is 1. The molecule has 0 aromatic heterocycles. The van der Waals surface area contributed by atoms with E-state index in [1.807, 2.05) is 0 Å². The molecule has 1 aliphatic rings. The minimum atomic E-state index is -0.653. The van der Waals surface area contributed by atoms with Gasteiger partial charge in [0.25, 0.3) is 0 Å². The zero-order valence-electron chi connectivity index (χ0n) is 11.2. The average molecular weight is 241 g/mol. The Morgan fingerprint density at radius 3 is 2.29 bits per heavy atom. The molecule has 100 valence electrons. The van der Waals surface area contributed by atoms with Crippen LogP contribution in [0.1, 0.15) is 58.8 Å². The highest BCUT2D eigenvalue weighted by atomic mass is 16.4. The highest BCUT2D eigenvalue weighted by Gasteiger charge is 2.20. The van der Waals surface area contributed by atoms with Crippen molar-refractivity contribution in [3.8, 4) is 0 Å². The van der Waals surface area contributed by atoms with Gasteiger partial charge in [0.2, 0.25) is 0 Å². The van der Waals surface area contributed by atoms with Gasteiger partial charge in [-0.1, -0.05) is 39.5 Å². The third kappa shape index (κ3) is 6.06.